The van der Waals surface area contributed by atoms with Gasteiger partial charge in [-0.05, 0) is 48.9 Å². The van der Waals surface area contributed by atoms with E-state index in [2.05, 4.69) is 68.4 Å². The smallest absolute Gasteiger partial charge is 0.0260 e. The van der Waals surface area contributed by atoms with Crippen molar-refractivity contribution in [3.63, 3.8) is 0 Å². The lowest BCUT2D eigenvalue weighted by Crippen LogP contribution is -2.27. The summed E-state index contributed by atoms with van der Waals surface area (Å²) in [5.41, 5.74) is 2.50. The van der Waals surface area contributed by atoms with E-state index in [4.69, 9.17) is 0 Å². The normalized spacial score (nSPS) is 14.7. The first-order chi connectivity index (χ1) is 8.02. The molecule has 18 heavy (non-hydrogen) atoms. The van der Waals surface area contributed by atoms with Gasteiger partial charge >= 0.3 is 0 Å². The van der Waals surface area contributed by atoms with E-state index >= 15 is 0 Å². The largest absolute Gasteiger partial charge is 0.0882 e. The molecule has 0 unspecified atom stereocenters. The van der Waals surface area contributed by atoms with Gasteiger partial charge in [-0.3, -0.25) is 0 Å². The Bertz CT molecular complexity index is 264. The molecule has 0 aromatic heterocycles. The van der Waals surface area contributed by atoms with E-state index in [1.807, 2.05) is 0 Å². The average molecular weight is 252 g/mol. The van der Waals surface area contributed by atoms with Crippen LogP contribution in [-0.2, 0) is 0 Å². The Morgan fingerprint density at radius 3 is 1.83 bits per heavy atom. The molecule has 0 aliphatic rings. The van der Waals surface area contributed by atoms with Crippen LogP contribution in [0.2, 0.25) is 0 Å². The summed E-state index contributed by atoms with van der Waals surface area (Å²) in [4.78, 5) is 0. The fraction of sp³-hybridized carbons (Fsp3) is 0.889. The quantitative estimate of drug-likeness (QED) is 0.456. The lowest BCUT2D eigenvalue weighted by molar-refractivity contribution is 0.132. The maximum absolute atomic E-state index is 2.44. The SMILES string of the molecule is CC=C(CCC(C)(C)CC(C)(C)C(C)C)C(C)C. The van der Waals surface area contributed by atoms with Crippen molar-refractivity contribution in [1.29, 1.82) is 0 Å². The molecule has 0 heterocycles. The van der Waals surface area contributed by atoms with Crippen molar-refractivity contribution in [1.82, 2.24) is 0 Å². The minimum atomic E-state index is 0.441. The zero-order valence-electron chi connectivity index (χ0n) is 14.4. The van der Waals surface area contributed by atoms with E-state index in [0.717, 1.165) is 5.92 Å². The van der Waals surface area contributed by atoms with Crippen LogP contribution >= 0.6 is 0 Å². The van der Waals surface area contributed by atoms with Crippen molar-refractivity contribution < 1.29 is 0 Å². The lowest BCUT2D eigenvalue weighted by Gasteiger charge is -2.38. The summed E-state index contributed by atoms with van der Waals surface area (Å²) in [6.45, 7) is 21.2. The summed E-state index contributed by atoms with van der Waals surface area (Å²) in [5.74, 6) is 1.45. The second kappa shape index (κ2) is 6.78. The maximum atomic E-state index is 2.44. The van der Waals surface area contributed by atoms with Crippen molar-refractivity contribution in [2.45, 2.75) is 81.6 Å². The summed E-state index contributed by atoms with van der Waals surface area (Å²) >= 11 is 0. The van der Waals surface area contributed by atoms with E-state index in [1.165, 1.54) is 19.3 Å². The summed E-state index contributed by atoms with van der Waals surface area (Å²) in [6.07, 6.45) is 6.19. The van der Waals surface area contributed by atoms with E-state index in [-0.39, 0.29) is 0 Å². The predicted octanol–water partition coefficient (Wildman–Crippen LogP) is 6.47. The molecule has 0 rings (SSSR count). The zero-order valence-corrected chi connectivity index (χ0v) is 14.4. The van der Waals surface area contributed by atoms with Crippen molar-refractivity contribution in [3.8, 4) is 0 Å². The average Bonchev–Trinajstić information content (AvgIpc) is 2.15. The number of hydrogen-bond donors (Lipinski definition) is 0. The van der Waals surface area contributed by atoms with Crippen LogP contribution in [-0.4, -0.2) is 0 Å². The Morgan fingerprint density at radius 2 is 1.50 bits per heavy atom. The molecule has 0 fully saturated rings. The molecule has 0 amide bonds. The first-order valence-electron chi connectivity index (χ1n) is 7.67. The first-order valence-corrected chi connectivity index (χ1v) is 7.67. The molecule has 0 saturated heterocycles. The molecule has 0 aromatic rings. The van der Waals surface area contributed by atoms with Crippen molar-refractivity contribution in [2.75, 3.05) is 0 Å². The molecule has 0 N–H and O–H groups in total. The Labute approximate surface area is 116 Å². The Balaban J connectivity index is 4.49. The Kier molecular flexibility index (Phi) is 6.68. The maximum Gasteiger partial charge on any atom is -0.0260 e. The van der Waals surface area contributed by atoms with Crippen LogP contribution in [0.3, 0.4) is 0 Å². The summed E-state index contributed by atoms with van der Waals surface area (Å²) in [7, 11) is 0. The van der Waals surface area contributed by atoms with Crippen LogP contribution in [0.5, 0.6) is 0 Å². The molecule has 0 aliphatic heterocycles. The van der Waals surface area contributed by atoms with E-state index < -0.39 is 0 Å². The molecule has 0 aromatic carbocycles. The Morgan fingerprint density at radius 1 is 1.00 bits per heavy atom. The van der Waals surface area contributed by atoms with Crippen LogP contribution < -0.4 is 0 Å². The second-order valence-electron chi connectivity index (χ2n) is 8.00. The minimum absolute atomic E-state index is 0.441. The Hall–Kier alpha value is -0.260. The lowest BCUT2D eigenvalue weighted by atomic mass is 9.67. The molecule has 0 bridgehead atoms. The van der Waals surface area contributed by atoms with Gasteiger partial charge in [0, 0.05) is 0 Å². The molecule has 108 valence electrons. The topological polar surface area (TPSA) is 0 Å². The highest BCUT2D eigenvalue weighted by Gasteiger charge is 2.31. The molecule has 0 radical (unpaired) electrons. The highest BCUT2D eigenvalue weighted by atomic mass is 14.4. The van der Waals surface area contributed by atoms with Gasteiger partial charge in [0.2, 0.25) is 0 Å². The first kappa shape index (κ1) is 17.7. The molecule has 0 heteroatoms. The number of rotatable bonds is 7. The van der Waals surface area contributed by atoms with Gasteiger partial charge in [0.05, 0.1) is 0 Å². The van der Waals surface area contributed by atoms with Gasteiger partial charge < -0.3 is 0 Å². The van der Waals surface area contributed by atoms with Crippen molar-refractivity contribution in [2.24, 2.45) is 22.7 Å². The van der Waals surface area contributed by atoms with Crippen LogP contribution in [0.1, 0.15) is 81.6 Å². The van der Waals surface area contributed by atoms with E-state index in [1.54, 1.807) is 5.57 Å². The minimum Gasteiger partial charge on any atom is -0.0882 e. The molecule has 0 spiro atoms. The molecular weight excluding hydrogens is 216 g/mol. The van der Waals surface area contributed by atoms with E-state index in [9.17, 15) is 0 Å². The van der Waals surface area contributed by atoms with Gasteiger partial charge in [-0.25, -0.2) is 0 Å². The summed E-state index contributed by atoms with van der Waals surface area (Å²) in [5, 5.41) is 0. The number of hydrogen-bond acceptors (Lipinski definition) is 0. The van der Waals surface area contributed by atoms with Crippen LogP contribution in [0, 0.1) is 22.7 Å². The van der Waals surface area contributed by atoms with Gasteiger partial charge in [0.25, 0.3) is 0 Å². The molecule has 0 atom stereocenters. The zero-order chi connectivity index (χ0) is 14.6. The highest BCUT2D eigenvalue weighted by molar-refractivity contribution is 5.04. The molecule has 0 nitrogen and oxygen atoms in total. The monoisotopic (exact) mass is 252 g/mol. The summed E-state index contributed by atoms with van der Waals surface area (Å²) in [6, 6.07) is 0. The van der Waals surface area contributed by atoms with Crippen LogP contribution in [0.25, 0.3) is 0 Å². The van der Waals surface area contributed by atoms with Gasteiger partial charge in [-0.2, -0.15) is 0 Å². The third kappa shape index (κ3) is 6.07. The van der Waals surface area contributed by atoms with Crippen molar-refractivity contribution in [3.05, 3.63) is 11.6 Å². The third-order valence-electron chi connectivity index (χ3n) is 4.70. The van der Waals surface area contributed by atoms with Gasteiger partial charge in [0.15, 0.2) is 0 Å². The van der Waals surface area contributed by atoms with Gasteiger partial charge in [-0.15, -0.1) is 0 Å². The fourth-order valence-electron chi connectivity index (χ4n) is 2.77. The molecule has 0 aliphatic carbocycles. The van der Waals surface area contributed by atoms with Crippen LogP contribution in [0.15, 0.2) is 11.6 Å². The van der Waals surface area contributed by atoms with E-state index in [0.29, 0.717) is 16.7 Å². The predicted molar refractivity (Wildman–Crippen MR) is 84.8 cm³/mol. The molecular formula is C18H36. The third-order valence-corrected chi connectivity index (χ3v) is 4.70. The van der Waals surface area contributed by atoms with Crippen molar-refractivity contribution >= 4 is 0 Å². The van der Waals surface area contributed by atoms with Crippen LogP contribution in [0.4, 0.5) is 0 Å². The molecule has 0 saturated carbocycles. The number of allylic oxidation sites excluding steroid dienone is 2. The summed E-state index contributed by atoms with van der Waals surface area (Å²) < 4.78 is 0. The van der Waals surface area contributed by atoms with Gasteiger partial charge in [-0.1, -0.05) is 67.0 Å². The van der Waals surface area contributed by atoms with Gasteiger partial charge in [0.1, 0.15) is 0 Å². The highest BCUT2D eigenvalue weighted by Crippen LogP contribution is 2.42. The standard InChI is InChI=1S/C18H36/c1-10-16(14(2)3)11-12-17(6,7)13-18(8,9)15(4)5/h10,14-15H,11-13H2,1-9H3. The fourth-order valence-corrected chi connectivity index (χ4v) is 2.77. The second-order valence-corrected chi connectivity index (χ2v) is 8.00.